The van der Waals surface area contributed by atoms with Gasteiger partial charge in [0.15, 0.2) is 0 Å². The minimum Gasteiger partial charge on any atom is -0.370 e. The SMILES string of the molecule is O=C(CCc1cc2n(n1)CCNC2)N1CCCN(c2ccncc2)CC1. The first-order chi connectivity index (χ1) is 12.8. The number of hydrogen-bond donors (Lipinski definition) is 1. The van der Waals surface area contributed by atoms with Crippen LogP contribution >= 0.6 is 0 Å². The lowest BCUT2D eigenvalue weighted by Crippen LogP contribution is -2.35. The molecule has 0 aromatic carbocycles. The molecule has 2 aliphatic heterocycles. The smallest absolute Gasteiger partial charge is 0.223 e. The van der Waals surface area contributed by atoms with Crippen LogP contribution in [0.5, 0.6) is 0 Å². The molecule has 0 spiro atoms. The highest BCUT2D eigenvalue weighted by Crippen LogP contribution is 2.16. The average molecular weight is 354 g/mol. The lowest BCUT2D eigenvalue weighted by molar-refractivity contribution is -0.130. The highest BCUT2D eigenvalue weighted by Gasteiger charge is 2.20. The number of aromatic nitrogens is 3. The van der Waals surface area contributed by atoms with Crippen molar-refractivity contribution in [2.45, 2.75) is 32.4 Å². The monoisotopic (exact) mass is 354 g/mol. The van der Waals surface area contributed by atoms with Gasteiger partial charge in [-0.1, -0.05) is 0 Å². The fourth-order valence-electron chi connectivity index (χ4n) is 3.75. The van der Waals surface area contributed by atoms with Crippen LogP contribution in [0.15, 0.2) is 30.6 Å². The Morgan fingerprint density at radius 1 is 1.12 bits per heavy atom. The predicted octanol–water partition coefficient (Wildman–Crippen LogP) is 1.05. The van der Waals surface area contributed by atoms with E-state index in [9.17, 15) is 4.79 Å². The Kier molecular flexibility index (Phi) is 5.15. The van der Waals surface area contributed by atoms with Gasteiger partial charge in [0.05, 0.1) is 17.9 Å². The molecule has 1 saturated heterocycles. The van der Waals surface area contributed by atoms with Crippen molar-refractivity contribution in [2.24, 2.45) is 0 Å². The van der Waals surface area contributed by atoms with Crippen LogP contribution in [0.25, 0.3) is 0 Å². The zero-order valence-corrected chi connectivity index (χ0v) is 15.1. The summed E-state index contributed by atoms with van der Waals surface area (Å²) in [4.78, 5) is 21.1. The number of carbonyl (C=O) groups is 1. The molecule has 138 valence electrons. The maximum Gasteiger partial charge on any atom is 0.223 e. The normalized spacial score (nSPS) is 17.7. The van der Waals surface area contributed by atoms with E-state index in [1.54, 1.807) is 0 Å². The minimum absolute atomic E-state index is 0.241. The van der Waals surface area contributed by atoms with Gasteiger partial charge in [-0.2, -0.15) is 5.10 Å². The molecule has 1 amide bonds. The lowest BCUT2D eigenvalue weighted by atomic mass is 10.2. The number of amides is 1. The summed E-state index contributed by atoms with van der Waals surface area (Å²) in [5.41, 5.74) is 3.44. The van der Waals surface area contributed by atoms with E-state index in [1.807, 2.05) is 29.4 Å². The first-order valence-electron chi connectivity index (χ1n) is 9.49. The molecule has 1 N–H and O–H groups in total. The van der Waals surface area contributed by atoms with Gasteiger partial charge in [0.2, 0.25) is 5.91 Å². The van der Waals surface area contributed by atoms with Crippen LogP contribution in [0.1, 0.15) is 24.2 Å². The van der Waals surface area contributed by atoms with E-state index < -0.39 is 0 Å². The lowest BCUT2D eigenvalue weighted by Gasteiger charge is -2.23. The van der Waals surface area contributed by atoms with E-state index in [0.29, 0.717) is 6.42 Å². The fourth-order valence-corrected chi connectivity index (χ4v) is 3.75. The topological polar surface area (TPSA) is 66.3 Å². The highest BCUT2D eigenvalue weighted by atomic mass is 16.2. The zero-order valence-electron chi connectivity index (χ0n) is 15.1. The Bertz CT molecular complexity index is 720. The van der Waals surface area contributed by atoms with E-state index >= 15 is 0 Å². The number of aryl methyl sites for hydroxylation is 1. The number of nitrogens with one attached hydrogen (secondary N) is 1. The summed E-state index contributed by atoms with van der Waals surface area (Å²) >= 11 is 0. The molecule has 0 aliphatic carbocycles. The van der Waals surface area contributed by atoms with E-state index in [-0.39, 0.29) is 5.91 Å². The van der Waals surface area contributed by atoms with E-state index in [2.05, 4.69) is 31.0 Å². The summed E-state index contributed by atoms with van der Waals surface area (Å²) in [6.45, 7) is 6.23. The first kappa shape index (κ1) is 17.0. The van der Waals surface area contributed by atoms with Crippen molar-refractivity contribution >= 4 is 11.6 Å². The number of anilines is 1. The quantitative estimate of drug-likeness (QED) is 0.889. The zero-order chi connectivity index (χ0) is 17.8. The van der Waals surface area contributed by atoms with Crippen molar-refractivity contribution in [3.05, 3.63) is 42.0 Å². The average Bonchev–Trinajstić information content (AvgIpc) is 2.94. The molecule has 0 radical (unpaired) electrons. The van der Waals surface area contributed by atoms with Crippen LogP contribution in [0.3, 0.4) is 0 Å². The molecule has 4 heterocycles. The molecule has 2 aromatic heterocycles. The highest BCUT2D eigenvalue weighted by molar-refractivity contribution is 5.76. The number of nitrogens with zero attached hydrogens (tertiary/aromatic N) is 5. The number of rotatable bonds is 4. The summed E-state index contributed by atoms with van der Waals surface area (Å²) in [6, 6.07) is 6.20. The molecule has 0 atom stereocenters. The maximum atomic E-state index is 12.7. The Hall–Kier alpha value is -2.41. The maximum absolute atomic E-state index is 12.7. The predicted molar refractivity (Wildman–Crippen MR) is 99.9 cm³/mol. The second-order valence-electron chi connectivity index (χ2n) is 6.95. The van der Waals surface area contributed by atoms with Crippen molar-refractivity contribution in [2.75, 3.05) is 37.6 Å². The molecule has 2 aliphatic rings. The second-order valence-corrected chi connectivity index (χ2v) is 6.95. The summed E-state index contributed by atoms with van der Waals surface area (Å²) < 4.78 is 2.06. The molecule has 2 aromatic rings. The molecule has 0 unspecified atom stereocenters. The van der Waals surface area contributed by atoms with Gasteiger partial charge in [-0.15, -0.1) is 0 Å². The van der Waals surface area contributed by atoms with E-state index in [0.717, 1.165) is 64.3 Å². The van der Waals surface area contributed by atoms with Gasteiger partial charge in [-0.05, 0) is 24.6 Å². The molecule has 1 fully saturated rings. The van der Waals surface area contributed by atoms with Crippen molar-refractivity contribution in [3.8, 4) is 0 Å². The molecular formula is C19H26N6O. The third kappa shape index (κ3) is 3.88. The number of hydrogen-bond acceptors (Lipinski definition) is 5. The largest absolute Gasteiger partial charge is 0.370 e. The van der Waals surface area contributed by atoms with Gasteiger partial charge in [0.1, 0.15) is 0 Å². The number of carbonyl (C=O) groups excluding carboxylic acids is 1. The summed E-state index contributed by atoms with van der Waals surface area (Å²) in [5, 5.41) is 7.98. The Morgan fingerprint density at radius 3 is 2.85 bits per heavy atom. The fraction of sp³-hybridized carbons (Fsp3) is 0.526. The molecule has 4 rings (SSSR count). The minimum atomic E-state index is 0.241. The molecule has 7 heteroatoms. The second kappa shape index (κ2) is 7.86. The van der Waals surface area contributed by atoms with Gasteiger partial charge in [-0.25, -0.2) is 0 Å². The standard InChI is InChI=1S/C19H26N6O/c26-19(3-2-16-14-18-15-21-8-11-25(18)22-16)24-10-1-9-23(12-13-24)17-4-6-20-7-5-17/h4-7,14,21H,1-3,8-13,15H2. The van der Waals surface area contributed by atoms with Crippen LogP contribution in [0, 0.1) is 0 Å². The van der Waals surface area contributed by atoms with Crippen molar-refractivity contribution in [1.29, 1.82) is 0 Å². The molecule has 7 nitrogen and oxygen atoms in total. The third-order valence-corrected chi connectivity index (χ3v) is 5.19. The van der Waals surface area contributed by atoms with Crippen LogP contribution < -0.4 is 10.2 Å². The van der Waals surface area contributed by atoms with Crippen molar-refractivity contribution < 1.29 is 4.79 Å². The van der Waals surface area contributed by atoms with Crippen LogP contribution in [0.2, 0.25) is 0 Å². The molecule has 0 saturated carbocycles. The third-order valence-electron chi connectivity index (χ3n) is 5.19. The number of fused-ring (bicyclic) bond motifs is 1. The number of pyridine rings is 1. The Morgan fingerprint density at radius 2 is 2.00 bits per heavy atom. The van der Waals surface area contributed by atoms with Crippen LogP contribution in [-0.4, -0.2) is 58.3 Å². The van der Waals surface area contributed by atoms with Crippen LogP contribution in [-0.2, 0) is 24.3 Å². The summed E-state index contributed by atoms with van der Waals surface area (Å²) in [5.74, 6) is 0.241. The van der Waals surface area contributed by atoms with Gasteiger partial charge in [0.25, 0.3) is 0 Å². The Labute approximate surface area is 154 Å². The Balaban J connectivity index is 1.30. The van der Waals surface area contributed by atoms with Gasteiger partial charge in [0, 0.05) is 70.2 Å². The summed E-state index contributed by atoms with van der Waals surface area (Å²) in [7, 11) is 0. The van der Waals surface area contributed by atoms with Gasteiger partial charge >= 0.3 is 0 Å². The van der Waals surface area contributed by atoms with Gasteiger partial charge in [-0.3, -0.25) is 14.5 Å². The van der Waals surface area contributed by atoms with E-state index in [4.69, 9.17) is 0 Å². The molecule has 26 heavy (non-hydrogen) atoms. The molecular weight excluding hydrogens is 328 g/mol. The molecule has 0 bridgehead atoms. The van der Waals surface area contributed by atoms with Crippen molar-refractivity contribution in [3.63, 3.8) is 0 Å². The van der Waals surface area contributed by atoms with Gasteiger partial charge < -0.3 is 15.1 Å². The van der Waals surface area contributed by atoms with Crippen molar-refractivity contribution in [1.82, 2.24) is 25.0 Å². The first-order valence-corrected chi connectivity index (χ1v) is 9.49. The van der Waals surface area contributed by atoms with E-state index in [1.165, 1.54) is 11.4 Å². The van der Waals surface area contributed by atoms with Crippen LogP contribution in [0.4, 0.5) is 5.69 Å². The summed E-state index contributed by atoms with van der Waals surface area (Å²) in [6.07, 6.45) is 5.91.